The Morgan fingerprint density at radius 2 is 2.22 bits per heavy atom. The summed E-state index contributed by atoms with van der Waals surface area (Å²) in [5, 5.41) is 0. The summed E-state index contributed by atoms with van der Waals surface area (Å²) >= 11 is 0. The van der Waals surface area contributed by atoms with Gasteiger partial charge in [-0.3, -0.25) is 4.79 Å². The Bertz CT molecular complexity index is 342. The molecule has 0 aromatic rings. The van der Waals surface area contributed by atoms with E-state index in [-0.39, 0.29) is 24.4 Å². The zero-order chi connectivity index (χ0) is 13.5. The van der Waals surface area contributed by atoms with Crippen molar-refractivity contribution in [3.63, 3.8) is 0 Å². The number of cyclic esters (lactones) is 1. The summed E-state index contributed by atoms with van der Waals surface area (Å²) in [6.45, 7) is 3.87. The molecule has 0 radical (unpaired) electrons. The second-order valence-corrected chi connectivity index (χ2v) is 4.63. The van der Waals surface area contributed by atoms with E-state index in [1.807, 2.05) is 6.92 Å². The summed E-state index contributed by atoms with van der Waals surface area (Å²) in [6, 6.07) is 0. The molecule has 1 rings (SSSR count). The van der Waals surface area contributed by atoms with Crippen LogP contribution in [-0.2, 0) is 19.1 Å². The van der Waals surface area contributed by atoms with Crippen LogP contribution in [0.3, 0.4) is 0 Å². The monoisotopic (exact) mass is 252 g/mol. The van der Waals surface area contributed by atoms with E-state index in [4.69, 9.17) is 15.9 Å². The molecule has 3 atom stereocenters. The predicted octanol–water partition coefficient (Wildman–Crippen LogP) is 1.92. The lowest BCUT2D eigenvalue weighted by Gasteiger charge is -2.14. The number of terminal acetylenes is 1. The minimum Gasteiger partial charge on any atom is -0.450 e. The smallest absolute Gasteiger partial charge is 0.348 e. The van der Waals surface area contributed by atoms with Gasteiger partial charge in [-0.25, -0.2) is 4.79 Å². The molecule has 0 aromatic heterocycles. The van der Waals surface area contributed by atoms with Crippen LogP contribution in [0.4, 0.5) is 0 Å². The summed E-state index contributed by atoms with van der Waals surface area (Å²) in [5.74, 6) is 1.06. The van der Waals surface area contributed by atoms with E-state index in [1.165, 1.54) is 0 Å². The number of carbonyl (C=O) groups is 2. The lowest BCUT2D eigenvalue weighted by molar-refractivity contribution is -0.161. The highest BCUT2D eigenvalue weighted by Gasteiger charge is 2.45. The van der Waals surface area contributed by atoms with E-state index in [0.29, 0.717) is 0 Å². The van der Waals surface area contributed by atoms with Gasteiger partial charge in [0.1, 0.15) is 0 Å². The highest BCUT2D eigenvalue weighted by Crippen LogP contribution is 2.32. The Kier molecular flexibility index (Phi) is 5.70. The summed E-state index contributed by atoms with van der Waals surface area (Å²) < 4.78 is 9.91. The molecule has 1 aliphatic heterocycles. The third-order valence-corrected chi connectivity index (χ3v) is 3.31. The normalized spacial score (nSPS) is 26.5. The van der Waals surface area contributed by atoms with Crippen molar-refractivity contribution in [1.82, 2.24) is 0 Å². The maximum atomic E-state index is 11.7. The van der Waals surface area contributed by atoms with Crippen LogP contribution in [0.15, 0.2) is 0 Å². The molecule has 4 nitrogen and oxygen atoms in total. The van der Waals surface area contributed by atoms with Gasteiger partial charge in [-0.1, -0.05) is 39.0 Å². The summed E-state index contributed by atoms with van der Waals surface area (Å²) in [6.07, 6.45) is 8.15. The highest BCUT2D eigenvalue weighted by molar-refractivity contribution is 5.85. The average molecular weight is 252 g/mol. The van der Waals surface area contributed by atoms with Gasteiger partial charge in [-0.15, -0.1) is 6.42 Å². The van der Waals surface area contributed by atoms with Crippen LogP contribution in [0.5, 0.6) is 0 Å². The van der Waals surface area contributed by atoms with Gasteiger partial charge in [0.15, 0.2) is 6.61 Å². The molecule has 0 N–H and O–H groups in total. The number of esters is 2. The van der Waals surface area contributed by atoms with Gasteiger partial charge in [0.25, 0.3) is 0 Å². The molecule has 100 valence electrons. The zero-order valence-electron chi connectivity index (χ0n) is 11.0. The Morgan fingerprint density at radius 3 is 2.83 bits per heavy atom. The topological polar surface area (TPSA) is 52.6 Å². The van der Waals surface area contributed by atoms with Crippen molar-refractivity contribution in [2.45, 2.75) is 45.6 Å². The highest BCUT2D eigenvalue weighted by atomic mass is 16.6. The Balaban J connectivity index is 2.52. The molecule has 0 bridgehead atoms. The van der Waals surface area contributed by atoms with Crippen molar-refractivity contribution in [3.8, 4) is 12.3 Å². The fourth-order valence-electron chi connectivity index (χ4n) is 2.20. The molecular weight excluding hydrogens is 232 g/mol. The molecule has 1 heterocycles. The lowest BCUT2D eigenvalue weighted by atomic mass is 9.88. The van der Waals surface area contributed by atoms with E-state index < -0.39 is 12.1 Å². The maximum Gasteiger partial charge on any atom is 0.348 e. The third kappa shape index (κ3) is 3.49. The second kappa shape index (κ2) is 7.05. The van der Waals surface area contributed by atoms with Crippen molar-refractivity contribution in [2.24, 2.45) is 11.8 Å². The van der Waals surface area contributed by atoms with Crippen LogP contribution in [0, 0.1) is 24.2 Å². The van der Waals surface area contributed by atoms with Crippen molar-refractivity contribution in [2.75, 3.05) is 6.61 Å². The van der Waals surface area contributed by atoms with Gasteiger partial charge in [0, 0.05) is 5.92 Å². The predicted molar refractivity (Wildman–Crippen MR) is 66.5 cm³/mol. The SMILES string of the molecule is C#CCOC(=O)[C@@H]1OC(=O)[C@H](CCCCC)[C@H]1C. The molecule has 1 aliphatic rings. The number of hydrogen-bond acceptors (Lipinski definition) is 4. The molecular formula is C14H20O4. The van der Waals surface area contributed by atoms with E-state index in [0.717, 1.165) is 25.7 Å². The number of unbranched alkanes of at least 4 members (excludes halogenated alkanes) is 2. The zero-order valence-corrected chi connectivity index (χ0v) is 11.0. The molecule has 18 heavy (non-hydrogen) atoms. The van der Waals surface area contributed by atoms with Gasteiger partial charge >= 0.3 is 11.9 Å². The molecule has 4 heteroatoms. The van der Waals surface area contributed by atoms with Crippen LogP contribution in [-0.4, -0.2) is 24.6 Å². The quantitative estimate of drug-likeness (QED) is 0.412. The molecule has 0 spiro atoms. The first-order chi connectivity index (χ1) is 8.61. The molecule has 0 saturated carbocycles. The van der Waals surface area contributed by atoms with Gasteiger partial charge in [-0.05, 0) is 6.42 Å². The first-order valence-corrected chi connectivity index (χ1v) is 6.42. The maximum absolute atomic E-state index is 11.7. The van der Waals surface area contributed by atoms with Crippen molar-refractivity contribution < 1.29 is 19.1 Å². The molecule has 0 aliphatic carbocycles. The Morgan fingerprint density at radius 1 is 1.50 bits per heavy atom. The average Bonchev–Trinajstić information content (AvgIpc) is 2.64. The minimum atomic E-state index is -0.794. The van der Waals surface area contributed by atoms with Gasteiger partial charge < -0.3 is 9.47 Å². The number of carbonyl (C=O) groups excluding carboxylic acids is 2. The number of ether oxygens (including phenoxy) is 2. The molecule has 0 aromatic carbocycles. The van der Waals surface area contributed by atoms with Crippen molar-refractivity contribution in [3.05, 3.63) is 0 Å². The van der Waals surface area contributed by atoms with Crippen LogP contribution in [0.25, 0.3) is 0 Å². The molecule has 0 unspecified atom stereocenters. The van der Waals surface area contributed by atoms with Gasteiger partial charge in [0.05, 0.1) is 5.92 Å². The van der Waals surface area contributed by atoms with Gasteiger partial charge in [0.2, 0.25) is 6.10 Å². The minimum absolute atomic E-state index is 0.0832. The fourth-order valence-corrected chi connectivity index (χ4v) is 2.20. The number of hydrogen-bond donors (Lipinski definition) is 0. The van der Waals surface area contributed by atoms with Crippen molar-refractivity contribution >= 4 is 11.9 Å². The lowest BCUT2D eigenvalue weighted by Crippen LogP contribution is -2.29. The van der Waals surface area contributed by atoms with E-state index in [1.54, 1.807) is 0 Å². The summed E-state index contributed by atoms with van der Waals surface area (Å²) in [5.41, 5.74) is 0. The Labute approximate surface area is 108 Å². The van der Waals surface area contributed by atoms with Crippen LogP contribution in [0.1, 0.15) is 39.5 Å². The third-order valence-electron chi connectivity index (χ3n) is 3.31. The summed E-state index contributed by atoms with van der Waals surface area (Å²) in [4.78, 5) is 23.3. The molecule has 1 fully saturated rings. The van der Waals surface area contributed by atoms with Crippen LogP contribution in [0.2, 0.25) is 0 Å². The first kappa shape index (κ1) is 14.6. The largest absolute Gasteiger partial charge is 0.450 e. The standard InChI is InChI=1S/C14H20O4/c1-4-6-7-8-11-10(3)12(18-13(11)15)14(16)17-9-5-2/h2,10-12H,4,6-9H2,1,3H3/t10-,11-,12-/m1/s1. The first-order valence-electron chi connectivity index (χ1n) is 6.42. The van der Waals surface area contributed by atoms with Crippen LogP contribution < -0.4 is 0 Å². The summed E-state index contributed by atoms with van der Waals surface area (Å²) in [7, 11) is 0. The molecule has 0 amide bonds. The van der Waals surface area contributed by atoms with E-state index in [9.17, 15) is 9.59 Å². The van der Waals surface area contributed by atoms with Gasteiger partial charge in [-0.2, -0.15) is 0 Å². The van der Waals surface area contributed by atoms with E-state index in [2.05, 4.69) is 12.8 Å². The second-order valence-electron chi connectivity index (χ2n) is 4.63. The Hall–Kier alpha value is -1.50. The molecule has 1 saturated heterocycles. The van der Waals surface area contributed by atoms with Crippen molar-refractivity contribution in [1.29, 1.82) is 0 Å². The van der Waals surface area contributed by atoms with E-state index >= 15 is 0 Å². The number of rotatable bonds is 6. The van der Waals surface area contributed by atoms with Crippen LogP contribution >= 0.6 is 0 Å². The fraction of sp³-hybridized carbons (Fsp3) is 0.714.